The van der Waals surface area contributed by atoms with Crippen molar-refractivity contribution in [2.75, 3.05) is 38.4 Å². The lowest BCUT2D eigenvalue weighted by Crippen LogP contribution is -2.26. The smallest absolute Gasteiger partial charge is 0.273 e. The fourth-order valence-electron chi connectivity index (χ4n) is 3.51. The second-order valence-electron chi connectivity index (χ2n) is 7.31. The zero-order valence-corrected chi connectivity index (χ0v) is 18.0. The van der Waals surface area contributed by atoms with Gasteiger partial charge in [-0.3, -0.25) is 4.79 Å². The van der Waals surface area contributed by atoms with Gasteiger partial charge in [0.1, 0.15) is 5.75 Å². The highest BCUT2D eigenvalue weighted by molar-refractivity contribution is 5.96. The van der Waals surface area contributed by atoms with Crippen LogP contribution in [0.3, 0.4) is 0 Å². The molecular weight excluding hydrogens is 412 g/mol. The molecule has 1 aliphatic heterocycles. The van der Waals surface area contributed by atoms with Crippen molar-refractivity contribution in [3.8, 4) is 11.5 Å². The number of nitrogens with two attached hydrogens (primary N) is 1. The predicted octanol–water partition coefficient (Wildman–Crippen LogP) is 1.86. The topological polar surface area (TPSA) is 140 Å². The fraction of sp³-hybridized carbons (Fsp3) is 0.286. The highest BCUT2D eigenvalue weighted by atomic mass is 16.5. The number of nitrogens with one attached hydrogen (secondary N) is 2. The first kappa shape index (κ1) is 21.2. The first-order valence-electron chi connectivity index (χ1n) is 9.94. The number of primary amides is 1. The van der Waals surface area contributed by atoms with E-state index in [1.807, 2.05) is 12.1 Å². The van der Waals surface area contributed by atoms with Gasteiger partial charge in [0, 0.05) is 19.3 Å². The monoisotopic (exact) mass is 436 g/mol. The summed E-state index contributed by atoms with van der Waals surface area (Å²) in [6, 6.07) is 7.49. The number of pyridine rings is 1. The Morgan fingerprint density at radius 2 is 1.91 bits per heavy atom. The Bertz CT molecular complexity index is 1150. The molecule has 0 spiro atoms. The molecule has 0 radical (unpaired) electrons. The quantitative estimate of drug-likeness (QED) is 0.502. The van der Waals surface area contributed by atoms with Gasteiger partial charge in [-0.25, -0.2) is 4.98 Å². The molecule has 0 saturated heterocycles. The minimum atomic E-state index is -0.774. The molecule has 3 aromatic rings. The van der Waals surface area contributed by atoms with Gasteiger partial charge in [-0.2, -0.15) is 4.98 Å². The maximum absolute atomic E-state index is 11.9. The summed E-state index contributed by atoms with van der Waals surface area (Å²) in [5.41, 5.74) is 8.48. The molecule has 11 heteroatoms. The zero-order chi connectivity index (χ0) is 22.7. The predicted molar refractivity (Wildman–Crippen MR) is 119 cm³/mol. The number of carbonyl (C=O) groups excluding carboxylic acids is 1. The van der Waals surface area contributed by atoms with Crippen LogP contribution in [0.15, 0.2) is 30.5 Å². The maximum atomic E-state index is 11.9. The second-order valence-corrected chi connectivity index (χ2v) is 7.31. The summed E-state index contributed by atoms with van der Waals surface area (Å²) in [7, 11) is 5.21. The van der Waals surface area contributed by atoms with E-state index in [9.17, 15) is 4.79 Å². The Hall–Kier alpha value is -3.99. The molecule has 166 valence electrons. The van der Waals surface area contributed by atoms with Crippen LogP contribution in [-0.2, 0) is 13.0 Å². The van der Waals surface area contributed by atoms with Crippen LogP contribution in [0.4, 0.5) is 23.3 Å². The largest absolute Gasteiger partial charge is 0.495 e. The molecule has 4 rings (SSSR count). The summed E-state index contributed by atoms with van der Waals surface area (Å²) in [5, 5.41) is 14.1. The number of anilines is 4. The lowest BCUT2D eigenvalue weighted by atomic mass is 9.99. The normalized spacial score (nSPS) is 13.2. The molecule has 0 bridgehead atoms. The Kier molecular flexibility index (Phi) is 5.99. The van der Waals surface area contributed by atoms with E-state index in [1.165, 1.54) is 18.2 Å². The number of fused-ring (bicyclic) bond motifs is 1. The minimum Gasteiger partial charge on any atom is -0.495 e. The van der Waals surface area contributed by atoms with Crippen molar-refractivity contribution in [2.24, 2.45) is 5.73 Å². The molecule has 2 aromatic heterocycles. The molecule has 0 atom stereocenters. The molecule has 0 unspecified atom stereocenters. The van der Waals surface area contributed by atoms with Crippen LogP contribution < -0.4 is 25.8 Å². The van der Waals surface area contributed by atoms with E-state index < -0.39 is 5.91 Å². The fourth-order valence-corrected chi connectivity index (χ4v) is 3.51. The van der Waals surface area contributed by atoms with Gasteiger partial charge < -0.3 is 30.7 Å². The lowest BCUT2D eigenvalue weighted by Gasteiger charge is -2.26. The van der Waals surface area contributed by atoms with E-state index in [0.29, 0.717) is 23.0 Å². The number of methoxy groups -OCH3 is 2. The first-order valence-corrected chi connectivity index (χ1v) is 9.94. The molecule has 1 aromatic carbocycles. The number of carbonyl (C=O) groups is 1. The van der Waals surface area contributed by atoms with Crippen molar-refractivity contribution < 1.29 is 14.3 Å². The van der Waals surface area contributed by atoms with Crippen LogP contribution in [0.25, 0.3) is 0 Å². The number of hydrogen-bond acceptors (Lipinski definition) is 10. The molecule has 3 heterocycles. The molecule has 1 amide bonds. The van der Waals surface area contributed by atoms with Gasteiger partial charge in [0.05, 0.1) is 19.9 Å². The third-order valence-corrected chi connectivity index (χ3v) is 5.12. The van der Waals surface area contributed by atoms with Gasteiger partial charge in [-0.15, -0.1) is 10.2 Å². The van der Waals surface area contributed by atoms with E-state index >= 15 is 0 Å². The number of amides is 1. The molecule has 11 nitrogen and oxygen atoms in total. The SMILES string of the molecule is COc1cc2c(cc1Nc1nnc(C(N)=O)c(Nc3ncccc3OC)n1)CCN(C)C2. The third-order valence-electron chi connectivity index (χ3n) is 5.12. The van der Waals surface area contributed by atoms with Crippen molar-refractivity contribution in [3.63, 3.8) is 0 Å². The van der Waals surface area contributed by atoms with E-state index in [4.69, 9.17) is 15.2 Å². The van der Waals surface area contributed by atoms with Gasteiger partial charge in [0.25, 0.3) is 5.91 Å². The Morgan fingerprint density at radius 1 is 1.09 bits per heavy atom. The highest BCUT2D eigenvalue weighted by Crippen LogP contribution is 2.33. The zero-order valence-electron chi connectivity index (χ0n) is 18.0. The van der Waals surface area contributed by atoms with Crippen molar-refractivity contribution in [1.82, 2.24) is 25.1 Å². The Morgan fingerprint density at radius 3 is 2.66 bits per heavy atom. The first-order chi connectivity index (χ1) is 15.5. The van der Waals surface area contributed by atoms with Gasteiger partial charge in [-0.1, -0.05) is 0 Å². The second kappa shape index (κ2) is 9.02. The number of benzene rings is 1. The summed E-state index contributed by atoms with van der Waals surface area (Å²) < 4.78 is 10.9. The van der Waals surface area contributed by atoms with Crippen molar-refractivity contribution >= 4 is 29.2 Å². The van der Waals surface area contributed by atoms with Crippen LogP contribution in [0.5, 0.6) is 11.5 Å². The molecule has 4 N–H and O–H groups in total. The van der Waals surface area contributed by atoms with Crippen LogP contribution in [0.1, 0.15) is 21.6 Å². The number of aromatic nitrogens is 4. The van der Waals surface area contributed by atoms with E-state index in [1.54, 1.807) is 25.4 Å². The number of ether oxygens (including phenoxy) is 2. The van der Waals surface area contributed by atoms with E-state index in [2.05, 4.69) is 42.7 Å². The molecule has 0 saturated carbocycles. The summed E-state index contributed by atoms with van der Waals surface area (Å²) in [6.07, 6.45) is 2.51. The highest BCUT2D eigenvalue weighted by Gasteiger charge is 2.20. The van der Waals surface area contributed by atoms with Crippen LogP contribution in [-0.4, -0.2) is 58.8 Å². The van der Waals surface area contributed by atoms with Gasteiger partial charge in [0.15, 0.2) is 23.1 Å². The standard InChI is InChI=1S/C21H24N8O3/c1-29-8-6-12-9-14(16(32-3)10-13(12)11-29)24-21-26-20(17(18(22)30)27-28-21)25-19-15(31-2)5-4-7-23-19/h4-5,7,9-10H,6,8,11H2,1-3H3,(H2,22,30)(H2,23,24,25,26,28). The molecule has 0 aliphatic carbocycles. The Balaban J connectivity index is 1.68. The van der Waals surface area contributed by atoms with Gasteiger partial charge in [-0.05, 0) is 48.9 Å². The average Bonchev–Trinajstić information content (AvgIpc) is 2.79. The number of likely N-dealkylation sites (N-methyl/N-ethyl adjacent to an activating group) is 1. The molecule has 1 aliphatic rings. The summed E-state index contributed by atoms with van der Waals surface area (Å²) >= 11 is 0. The Labute approximate surface area is 185 Å². The van der Waals surface area contributed by atoms with Crippen molar-refractivity contribution in [3.05, 3.63) is 47.3 Å². The summed E-state index contributed by atoms with van der Waals surface area (Å²) in [4.78, 5) is 22.7. The maximum Gasteiger partial charge on any atom is 0.273 e. The third kappa shape index (κ3) is 4.37. The van der Waals surface area contributed by atoms with Crippen LogP contribution in [0, 0.1) is 0 Å². The summed E-state index contributed by atoms with van der Waals surface area (Å²) in [5.74, 6) is 0.980. The molecule has 32 heavy (non-hydrogen) atoms. The summed E-state index contributed by atoms with van der Waals surface area (Å²) in [6.45, 7) is 1.83. The van der Waals surface area contributed by atoms with Crippen LogP contribution in [0.2, 0.25) is 0 Å². The van der Waals surface area contributed by atoms with E-state index in [0.717, 1.165) is 19.5 Å². The van der Waals surface area contributed by atoms with Gasteiger partial charge >= 0.3 is 0 Å². The number of hydrogen-bond donors (Lipinski definition) is 3. The van der Waals surface area contributed by atoms with Crippen molar-refractivity contribution in [1.29, 1.82) is 0 Å². The van der Waals surface area contributed by atoms with Crippen molar-refractivity contribution in [2.45, 2.75) is 13.0 Å². The lowest BCUT2D eigenvalue weighted by molar-refractivity contribution is 0.0995. The van der Waals surface area contributed by atoms with Gasteiger partial charge in [0.2, 0.25) is 5.95 Å². The average molecular weight is 436 g/mol. The molecule has 0 fully saturated rings. The number of nitrogens with zero attached hydrogens (tertiary/aromatic N) is 5. The number of rotatable bonds is 7. The van der Waals surface area contributed by atoms with E-state index in [-0.39, 0.29) is 17.5 Å². The van der Waals surface area contributed by atoms with Crippen LogP contribution >= 0.6 is 0 Å². The molecular formula is C21H24N8O3. The minimum absolute atomic E-state index is 0.102.